The van der Waals surface area contributed by atoms with Crippen LogP contribution in [0.5, 0.6) is 5.75 Å². The van der Waals surface area contributed by atoms with E-state index in [1.165, 1.54) is 28.4 Å². The van der Waals surface area contributed by atoms with Gasteiger partial charge in [0.1, 0.15) is 5.75 Å². The molecule has 2 rings (SSSR count). The maximum atomic E-state index is 5.68. The largest absolute Gasteiger partial charge is 0.494 e. The highest BCUT2D eigenvalue weighted by atomic mass is 79.9. The van der Waals surface area contributed by atoms with Crippen LogP contribution in [-0.2, 0) is 6.42 Å². The number of hydrogen-bond donors (Lipinski definition) is 1. The fraction of sp³-hybridized carbons (Fsp3) is 0.625. The van der Waals surface area contributed by atoms with Crippen molar-refractivity contribution in [2.75, 3.05) is 13.7 Å². The van der Waals surface area contributed by atoms with Gasteiger partial charge in [-0.2, -0.15) is 0 Å². The molecule has 3 heteroatoms. The summed E-state index contributed by atoms with van der Waals surface area (Å²) in [6.07, 6.45) is 3.52. The first-order chi connectivity index (χ1) is 8.96. The fourth-order valence-corrected chi connectivity index (χ4v) is 3.59. The Labute approximate surface area is 125 Å². The van der Waals surface area contributed by atoms with Crippen LogP contribution in [0.15, 0.2) is 16.6 Å². The Bertz CT molecular complexity index is 456. The van der Waals surface area contributed by atoms with Crippen LogP contribution in [0.25, 0.3) is 0 Å². The minimum atomic E-state index is 0.373. The second-order valence-electron chi connectivity index (χ2n) is 6.12. The summed E-state index contributed by atoms with van der Waals surface area (Å²) in [7, 11) is 2.05. The molecule has 0 fully saturated rings. The Morgan fingerprint density at radius 2 is 2.16 bits per heavy atom. The van der Waals surface area contributed by atoms with E-state index in [2.05, 4.69) is 54.3 Å². The molecule has 1 aromatic rings. The number of ether oxygens (including phenoxy) is 1. The number of halogens is 1. The first-order valence-electron chi connectivity index (χ1n) is 7.09. The van der Waals surface area contributed by atoms with E-state index in [9.17, 15) is 0 Å². The van der Waals surface area contributed by atoms with Crippen LogP contribution in [0.2, 0.25) is 0 Å². The van der Waals surface area contributed by atoms with Gasteiger partial charge >= 0.3 is 0 Å². The summed E-state index contributed by atoms with van der Waals surface area (Å²) in [5.74, 6) is 0.966. The molecule has 0 radical (unpaired) electrons. The van der Waals surface area contributed by atoms with E-state index in [1.807, 2.05) is 6.92 Å². The molecule has 0 heterocycles. The Hall–Kier alpha value is -0.540. The van der Waals surface area contributed by atoms with Crippen molar-refractivity contribution in [1.29, 1.82) is 0 Å². The van der Waals surface area contributed by atoms with Gasteiger partial charge in [0.2, 0.25) is 0 Å². The van der Waals surface area contributed by atoms with Crippen molar-refractivity contribution in [3.63, 3.8) is 0 Å². The minimum absolute atomic E-state index is 0.373. The Morgan fingerprint density at radius 1 is 1.42 bits per heavy atom. The van der Waals surface area contributed by atoms with E-state index in [0.717, 1.165) is 12.2 Å². The lowest BCUT2D eigenvalue weighted by atomic mass is 9.83. The Kier molecular flexibility index (Phi) is 4.57. The van der Waals surface area contributed by atoms with Crippen LogP contribution in [0, 0.1) is 5.41 Å². The van der Waals surface area contributed by atoms with Gasteiger partial charge in [-0.3, -0.25) is 0 Å². The standard InChI is InChI=1S/C16H24BrNO/c1-5-19-11-8-13-12(14(17)9-11)6-7-16(2,3)10-15(13)18-4/h8-9,15,18H,5-7,10H2,1-4H3. The summed E-state index contributed by atoms with van der Waals surface area (Å²) in [6.45, 7) is 7.46. The molecule has 106 valence electrons. The molecule has 1 aliphatic rings. The smallest absolute Gasteiger partial charge is 0.120 e. The molecule has 1 aromatic carbocycles. The number of nitrogens with one attached hydrogen (secondary N) is 1. The molecule has 0 saturated heterocycles. The van der Waals surface area contributed by atoms with Gasteiger partial charge in [0.05, 0.1) is 6.61 Å². The van der Waals surface area contributed by atoms with Gasteiger partial charge in [-0.05, 0) is 61.9 Å². The molecule has 0 amide bonds. The van der Waals surface area contributed by atoms with Crippen molar-refractivity contribution in [3.05, 3.63) is 27.7 Å². The van der Waals surface area contributed by atoms with Crippen LogP contribution in [0.4, 0.5) is 0 Å². The molecule has 19 heavy (non-hydrogen) atoms. The third-order valence-electron chi connectivity index (χ3n) is 4.05. The predicted molar refractivity (Wildman–Crippen MR) is 83.8 cm³/mol. The number of hydrogen-bond acceptors (Lipinski definition) is 2. The van der Waals surface area contributed by atoms with Crippen molar-refractivity contribution in [3.8, 4) is 5.75 Å². The zero-order valence-electron chi connectivity index (χ0n) is 12.3. The maximum absolute atomic E-state index is 5.68. The highest BCUT2D eigenvalue weighted by molar-refractivity contribution is 9.10. The molecule has 1 unspecified atom stereocenters. The number of fused-ring (bicyclic) bond motifs is 1. The van der Waals surface area contributed by atoms with Crippen molar-refractivity contribution in [2.45, 2.75) is 46.1 Å². The zero-order chi connectivity index (χ0) is 14.0. The van der Waals surface area contributed by atoms with Crippen LogP contribution in [0.3, 0.4) is 0 Å². The SMILES string of the molecule is CCOc1cc(Br)c2c(c1)C(NC)CC(C)(C)CC2. The molecule has 0 spiro atoms. The molecule has 0 bridgehead atoms. The van der Waals surface area contributed by atoms with Gasteiger partial charge in [-0.15, -0.1) is 0 Å². The fourth-order valence-electron chi connectivity index (χ4n) is 2.94. The van der Waals surface area contributed by atoms with Crippen molar-refractivity contribution < 1.29 is 4.74 Å². The number of benzene rings is 1. The molecular formula is C16H24BrNO. The molecule has 1 atom stereocenters. The third-order valence-corrected chi connectivity index (χ3v) is 4.75. The van der Waals surface area contributed by atoms with E-state index >= 15 is 0 Å². The monoisotopic (exact) mass is 325 g/mol. The summed E-state index contributed by atoms with van der Waals surface area (Å²) in [5, 5.41) is 3.48. The quantitative estimate of drug-likeness (QED) is 0.828. The predicted octanol–water partition coefficient (Wildman–Crippen LogP) is 4.47. The first-order valence-corrected chi connectivity index (χ1v) is 7.88. The van der Waals surface area contributed by atoms with Gasteiger partial charge in [-0.25, -0.2) is 0 Å². The maximum Gasteiger partial charge on any atom is 0.120 e. The lowest BCUT2D eigenvalue weighted by Gasteiger charge is -2.27. The molecule has 2 nitrogen and oxygen atoms in total. The van der Waals surface area contributed by atoms with Crippen LogP contribution in [-0.4, -0.2) is 13.7 Å². The van der Waals surface area contributed by atoms with Crippen LogP contribution in [0.1, 0.15) is 50.8 Å². The molecular weight excluding hydrogens is 302 g/mol. The highest BCUT2D eigenvalue weighted by Gasteiger charge is 2.30. The summed E-state index contributed by atoms with van der Waals surface area (Å²) >= 11 is 3.72. The van der Waals surface area contributed by atoms with Gasteiger partial charge in [-0.1, -0.05) is 29.8 Å². The Morgan fingerprint density at radius 3 is 2.79 bits per heavy atom. The zero-order valence-corrected chi connectivity index (χ0v) is 13.9. The highest BCUT2D eigenvalue weighted by Crippen LogP contribution is 2.42. The van der Waals surface area contributed by atoms with Gasteiger partial charge < -0.3 is 10.1 Å². The normalized spacial score (nSPS) is 21.6. The second-order valence-corrected chi connectivity index (χ2v) is 6.97. The van der Waals surface area contributed by atoms with Crippen molar-refractivity contribution in [2.24, 2.45) is 5.41 Å². The average Bonchev–Trinajstić information content (AvgIpc) is 2.47. The average molecular weight is 326 g/mol. The summed E-state index contributed by atoms with van der Waals surface area (Å²) in [6, 6.07) is 4.73. The van der Waals surface area contributed by atoms with E-state index in [-0.39, 0.29) is 0 Å². The molecule has 1 aliphatic carbocycles. The van der Waals surface area contributed by atoms with E-state index in [0.29, 0.717) is 18.1 Å². The Balaban J connectivity index is 2.45. The number of rotatable bonds is 3. The van der Waals surface area contributed by atoms with Crippen LogP contribution < -0.4 is 10.1 Å². The third kappa shape index (κ3) is 3.32. The lowest BCUT2D eigenvalue weighted by Crippen LogP contribution is -2.22. The van der Waals surface area contributed by atoms with E-state index < -0.39 is 0 Å². The van der Waals surface area contributed by atoms with Crippen molar-refractivity contribution in [1.82, 2.24) is 5.32 Å². The minimum Gasteiger partial charge on any atom is -0.494 e. The molecule has 0 aliphatic heterocycles. The van der Waals surface area contributed by atoms with E-state index in [1.54, 1.807) is 0 Å². The molecule has 0 saturated carbocycles. The van der Waals surface area contributed by atoms with Gasteiger partial charge in [0, 0.05) is 10.5 Å². The summed E-state index contributed by atoms with van der Waals surface area (Å²) in [4.78, 5) is 0. The second kappa shape index (κ2) is 5.84. The van der Waals surface area contributed by atoms with Crippen molar-refractivity contribution >= 4 is 15.9 Å². The lowest BCUT2D eigenvalue weighted by molar-refractivity contribution is 0.279. The van der Waals surface area contributed by atoms with Gasteiger partial charge in [0.25, 0.3) is 0 Å². The molecule has 1 N–H and O–H groups in total. The van der Waals surface area contributed by atoms with Gasteiger partial charge in [0.15, 0.2) is 0 Å². The topological polar surface area (TPSA) is 21.3 Å². The van der Waals surface area contributed by atoms with Crippen LogP contribution >= 0.6 is 15.9 Å². The van der Waals surface area contributed by atoms with E-state index in [4.69, 9.17) is 4.74 Å². The first kappa shape index (κ1) is 14.9. The summed E-state index contributed by atoms with van der Waals surface area (Å²) in [5.41, 5.74) is 3.21. The molecule has 0 aromatic heterocycles. The summed E-state index contributed by atoms with van der Waals surface area (Å²) < 4.78 is 6.87.